The van der Waals surface area contributed by atoms with E-state index in [9.17, 15) is 9.90 Å². The standard InChI is InChI=1S/C11H23N3O2/c1-9-7-13(4)10(8-15)11(16)14(9)6-5-12(2)3/h9-10,15H,5-8H2,1-4H3. The minimum atomic E-state index is -0.363. The van der Waals surface area contributed by atoms with E-state index in [4.69, 9.17) is 0 Å². The summed E-state index contributed by atoms with van der Waals surface area (Å²) in [4.78, 5) is 18.0. The maximum atomic E-state index is 12.1. The maximum absolute atomic E-state index is 12.1. The van der Waals surface area contributed by atoms with Crippen molar-refractivity contribution in [2.24, 2.45) is 0 Å². The highest BCUT2D eigenvalue weighted by Crippen LogP contribution is 2.14. The van der Waals surface area contributed by atoms with Gasteiger partial charge in [0.05, 0.1) is 6.61 Å². The molecule has 0 aromatic carbocycles. The molecule has 0 aliphatic carbocycles. The summed E-state index contributed by atoms with van der Waals surface area (Å²) in [5.41, 5.74) is 0. The van der Waals surface area contributed by atoms with Crippen LogP contribution in [-0.4, -0.2) is 85.2 Å². The predicted molar refractivity (Wildman–Crippen MR) is 63.2 cm³/mol. The van der Waals surface area contributed by atoms with E-state index in [0.717, 1.165) is 19.6 Å². The van der Waals surface area contributed by atoms with E-state index in [1.807, 2.05) is 30.9 Å². The second kappa shape index (κ2) is 5.61. The van der Waals surface area contributed by atoms with Crippen LogP contribution in [0.1, 0.15) is 6.92 Å². The van der Waals surface area contributed by atoms with Gasteiger partial charge in [-0.3, -0.25) is 9.69 Å². The van der Waals surface area contributed by atoms with E-state index in [-0.39, 0.29) is 24.6 Å². The fourth-order valence-electron chi connectivity index (χ4n) is 2.10. The van der Waals surface area contributed by atoms with E-state index >= 15 is 0 Å². The molecule has 0 spiro atoms. The van der Waals surface area contributed by atoms with Crippen molar-refractivity contribution in [2.75, 3.05) is 47.4 Å². The third-order valence-electron chi connectivity index (χ3n) is 3.15. The molecule has 5 nitrogen and oxygen atoms in total. The summed E-state index contributed by atoms with van der Waals surface area (Å²) in [5.74, 6) is 0.0469. The van der Waals surface area contributed by atoms with Crippen LogP contribution in [0.25, 0.3) is 0 Å². The lowest BCUT2D eigenvalue weighted by Crippen LogP contribution is -2.61. The first-order chi connectivity index (χ1) is 7.47. The first-order valence-corrected chi connectivity index (χ1v) is 5.73. The molecule has 0 aromatic heterocycles. The summed E-state index contributed by atoms with van der Waals surface area (Å²) < 4.78 is 0. The Bertz CT molecular complexity index is 245. The monoisotopic (exact) mass is 229 g/mol. The summed E-state index contributed by atoms with van der Waals surface area (Å²) in [5, 5.41) is 9.21. The van der Waals surface area contributed by atoms with Crippen molar-refractivity contribution in [3.63, 3.8) is 0 Å². The second-order valence-electron chi connectivity index (χ2n) is 4.82. The Morgan fingerprint density at radius 2 is 2.12 bits per heavy atom. The summed E-state index contributed by atoms with van der Waals surface area (Å²) in [7, 11) is 5.88. The van der Waals surface area contributed by atoms with Gasteiger partial charge in [0.2, 0.25) is 5.91 Å². The quantitative estimate of drug-likeness (QED) is 0.677. The Labute approximate surface area is 97.6 Å². The molecule has 0 aromatic rings. The lowest BCUT2D eigenvalue weighted by Gasteiger charge is -2.42. The zero-order valence-electron chi connectivity index (χ0n) is 10.7. The van der Waals surface area contributed by atoms with Crippen LogP contribution in [0.4, 0.5) is 0 Å². The number of hydrogen-bond donors (Lipinski definition) is 1. The van der Waals surface area contributed by atoms with Gasteiger partial charge in [0.25, 0.3) is 0 Å². The van der Waals surface area contributed by atoms with Gasteiger partial charge >= 0.3 is 0 Å². The van der Waals surface area contributed by atoms with Gasteiger partial charge in [-0.1, -0.05) is 0 Å². The number of nitrogens with zero attached hydrogens (tertiary/aromatic N) is 3. The average Bonchev–Trinajstić information content (AvgIpc) is 2.16. The van der Waals surface area contributed by atoms with Crippen molar-refractivity contribution >= 4 is 5.91 Å². The molecule has 16 heavy (non-hydrogen) atoms. The zero-order valence-corrected chi connectivity index (χ0v) is 10.7. The third kappa shape index (κ3) is 2.93. The van der Waals surface area contributed by atoms with Crippen LogP contribution >= 0.6 is 0 Å². The Morgan fingerprint density at radius 3 is 2.62 bits per heavy atom. The van der Waals surface area contributed by atoms with E-state index in [1.54, 1.807) is 0 Å². The van der Waals surface area contributed by atoms with Crippen LogP contribution in [0.2, 0.25) is 0 Å². The highest BCUT2D eigenvalue weighted by Gasteiger charge is 2.35. The summed E-state index contributed by atoms with van der Waals surface area (Å²) >= 11 is 0. The topological polar surface area (TPSA) is 47.0 Å². The van der Waals surface area contributed by atoms with Crippen molar-refractivity contribution < 1.29 is 9.90 Å². The van der Waals surface area contributed by atoms with Gasteiger partial charge in [0, 0.05) is 25.7 Å². The molecule has 0 bridgehead atoms. The Balaban J connectivity index is 2.64. The number of carbonyl (C=O) groups is 1. The SMILES string of the molecule is CC1CN(C)C(CO)C(=O)N1CCN(C)C. The van der Waals surface area contributed by atoms with Gasteiger partial charge in [0.15, 0.2) is 0 Å². The molecule has 1 fully saturated rings. The molecule has 1 N–H and O–H groups in total. The number of aliphatic hydroxyl groups is 1. The van der Waals surface area contributed by atoms with Gasteiger partial charge in [-0.2, -0.15) is 0 Å². The Kier molecular flexibility index (Phi) is 4.70. The van der Waals surface area contributed by atoms with Crippen LogP contribution in [0.15, 0.2) is 0 Å². The lowest BCUT2D eigenvalue weighted by molar-refractivity contribution is -0.146. The molecule has 0 radical (unpaired) electrons. The van der Waals surface area contributed by atoms with Crippen molar-refractivity contribution in [2.45, 2.75) is 19.0 Å². The molecule has 1 aliphatic rings. The van der Waals surface area contributed by atoms with Crippen LogP contribution < -0.4 is 0 Å². The molecular formula is C11H23N3O2. The number of piperazine rings is 1. The first kappa shape index (κ1) is 13.4. The molecule has 2 unspecified atom stereocenters. The molecule has 1 saturated heterocycles. The fourth-order valence-corrected chi connectivity index (χ4v) is 2.10. The molecule has 1 aliphatic heterocycles. The van der Waals surface area contributed by atoms with E-state index < -0.39 is 0 Å². The molecule has 2 atom stereocenters. The maximum Gasteiger partial charge on any atom is 0.242 e. The largest absolute Gasteiger partial charge is 0.394 e. The van der Waals surface area contributed by atoms with Crippen molar-refractivity contribution in [3.8, 4) is 0 Å². The Morgan fingerprint density at radius 1 is 1.50 bits per heavy atom. The van der Waals surface area contributed by atoms with Gasteiger partial charge in [0.1, 0.15) is 6.04 Å². The normalized spacial score (nSPS) is 27.9. The van der Waals surface area contributed by atoms with Crippen molar-refractivity contribution in [1.29, 1.82) is 0 Å². The highest BCUT2D eigenvalue weighted by molar-refractivity contribution is 5.83. The van der Waals surface area contributed by atoms with E-state index in [2.05, 4.69) is 11.8 Å². The minimum absolute atomic E-state index is 0.0469. The number of amides is 1. The van der Waals surface area contributed by atoms with Gasteiger partial charge in [-0.25, -0.2) is 0 Å². The summed E-state index contributed by atoms with van der Waals surface area (Å²) in [6, 6.07) is -0.140. The predicted octanol–water partition coefficient (Wildman–Crippen LogP) is -0.929. The Hall–Kier alpha value is -0.650. The fraction of sp³-hybridized carbons (Fsp3) is 0.909. The van der Waals surface area contributed by atoms with Crippen LogP contribution in [0, 0.1) is 0 Å². The van der Waals surface area contributed by atoms with Crippen LogP contribution in [-0.2, 0) is 4.79 Å². The highest BCUT2D eigenvalue weighted by atomic mass is 16.3. The van der Waals surface area contributed by atoms with Crippen molar-refractivity contribution in [3.05, 3.63) is 0 Å². The average molecular weight is 229 g/mol. The van der Waals surface area contributed by atoms with Crippen LogP contribution in [0.3, 0.4) is 0 Å². The van der Waals surface area contributed by atoms with E-state index in [1.165, 1.54) is 0 Å². The molecule has 1 rings (SSSR count). The van der Waals surface area contributed by atoms with Gasteiger partial charge < -0.3 is 14.9 Å². The number of likely N-dealkylation sites (N-methyl/N-ethyl adjacent to an activating group) is 2. The smallest absolute Gasteiger partial charge is 0.242 e. The summed E-state index contributed by atoms with van der Waals surface area (Å²) in [6.45, 7) is 4.37. The third-order valence-corrected chi connectivity index (χ3v) is 3.15. The molecule has 1 heterocycles. The molecule has 0 saturated carbocycles. The van der Waals surface area contributed by atoms with Gasteiger partial charge in [-0.05, 0) is 28.1 Å². The zero-order chi connectivity index (χ0) is 12.3. The second-order valence-corrected chi connectivity index (χ2v) is 4.82. The first-order valence-electron chi connectivity index (χ1n) is 5.73. The number of hydrogen-bond acceptors (Lipinski definition) is 4. The molecule has 5 heteroatoms. The van der Waals surface area contributed by atoms with Gasteiger partial charge in [-0.15, -0.1) is 0 Å². The minimum Gasteiger partial charge on any atom is -0.394 e. The number of rotatable bonds is 4. The summed E-state index contributed by atoms with van der Waals surface area (Å²) in [6.07, 6.45) is 0. The molecule has 94 valence electrons. The van der Waals surface area contributed by atoms with Crippen LogP contribution in [0.5, 0.6) is 0 Å². The lowest BCUT2D eigenvalue weighted by atomic mass is 10.1. The number of carbonyl (C=O) groups excluding carboxylic acids is 1. The molecule has 1 amide bonds. The van der Waals surface area contributed by atoms with Crippen molar-refractivity contribution in [1.82, 2.24) is 14.7 Å². The van der Waals surface area contributed by atoms with E-state index in [0.29, 0.717) is 0 Å². The number of aliphatic hydroxyl groups excluding tert-OH is 1. The molecular weight excluding hydrogens is 206 g/mol.